The summed E-state index contributed by atoms with van der Waals surface area (Å²) in [6.07, 6.45) is 1.57. The zero-order valence-electron chi connectivity index (χ0n) is 16.9. The molecule has 31 heavy (non-hydrogen) atoms. The van der Waals surface area contributed by atoms with Gasteiger partial charge >= 0.3 is 0 Å². The SMILES string of the molecule is C[C@H](C(=O)Cc1cc2c(cn1)OCCN2S(=O)(=O)c1cccc(Cl)c1)c1ccccc1. The predicted molar refractivity (Wildman–Crippen MR) is 119 cm³/mol. The molecular weight excluding hydrogens is 436 g/mol. The minimum Gasteiger partial charge on any atom is -0.488 e. The fraction of sp³-hybridized carbons (Fsp3) is 0.217. The summed E-state index contributed by atoms with van der Waals surface area (Å²) < 4.78 is 33.4. The van der Waals surface area contributed by atoms with Crippen molar-refractivity contribution >= 4 is 33.1 Å². The average Bonchev–Trinajstić information content (AvgIpc) is 2.78. The quantitative estimate of drug-likeness (QED) is 0.554. The van der Waals surface area contributed by atoms with E-state index in [-0.39, 0.29) is 36.2 Å². The molecule has 0 amide bonds. The van der Waals surface area contributed by atoms with E-state index >= 15 is 0 Å². The fourth-order valence-electron chi connectivity index (χ4n) is 3.50. The molecule has 0 fully saturated rings. The van der Waals surface area contributed by atoms with Crippen molar-refractivity contribution in [1.29, 1.82) is 0 Å². The summed E-state index contributed by atoms with van der Waals surface area (Å²) in [5.41, 5.74) is 1.79. The van der Waals surface area contributed by atoms with Gasteiger partial charge in [-0.25, -0.2) is 8.42 Å². The van der Waals surface area contributed by atoms with Gasteiger partial charge < -0.3 is 4.74 Å². The van der Waals surface area contributed by atoms with E-state index in [0.717, 1.165) is 5.56 Å². The van der Waals surface area contributed by atoms with E-state index in [2.05, 4.69) is 4.98 Å². The Morgan fingerprint density at radius 2 is 1.94 bits per heavy atom. The second-order valence-corrected chi connectivity index (χ2v) is 9.60. The summed E-state index contributed by atoms with van der Waals surface area (Å²) in [6.45, 7) is 2.21. The van der Waals surface area contributed by atoms with Crippen LogP contribution < -0.4 is 9.04 Å². The van der Waals surface area contributed by atoms with Crippen molar-refractivity contribution in [3.63, 3.8) is 0 Å². The first-order chi connectivity index (χ1) is 14.9. The third kappa shape index (κ3) is 4.43. The first-order valence-electron chi connectivity index (χ1n) is 9.84. The predicted octanol–water partition coefficient (Wildman–Crippen LogP) is 4.24. The van der Waals surface area contributed by atoms with Crippen molar-refractivity contribution in [2.45, 2.75) is 24.2 Å². The van der Waals surface area contributed by atoms with Gasteiger partial charge in [0, 0.05) is 17.4 Å². The molecule has 160 valence electrons. The van der Waals surface area contributed by atoms with Gasteiger partial charge in [-0.2, -0.15) is 0 Å². The number of aromatic nitrogens is 1. The van der Waals surface area contributed by atoms with Crippen LogP contribution in [0.5, 0.6) is 5.75 Å². The number of sulfonamides is 1. The number of Topliss-reactive ketones (excluding diaryl/α,β-unsaturated/α-hetero) is 1. The molecule has 1 aliphatic rings. The second kappa shape index (κ2) is 8.69. The second-order valence-electron chi connectivity index (χ2n) is 7.30. The molecule has 0 spiro atoms. The Balaban J connectivity index is 1.63. The molecule has 1 aliphatic heterocycles. The van der Waals surface area contributed by atoms with E-state index in [9.17, 15) is 13.2 Å². The summed E-state index contributed by atoms with van der Waals surface area (Å²) >= 11 is 6.00. The number of carbonyl (C=O) groups excluding carboxylic acids is 1. The van der Waals surface area contributed by atoms with Gasteiger partial charge in [0.15, 0.2) is 5.75 Å². The molecule has 3 aromatic rings. The molecule has 8 heteroatoms. The van der Waals surface area contributed by atoms with Crippen LogP contribution in [0.4, 0.5) is 5.69 Å². The zero-order valence-corrected chi connectivity index (χ0v) is 18.4. The maximum Gasteiger partial charge on any atom is 0.264 e. The molecule has 0 saturated heterocycles. The highest BCUT2D eigenvalue weighted by Crippen LogP contribution is 2.36. The number of ether oxygens (including phenoxy) is 1. The lowest BCUT2D eigenvalue weighted by Gasteiger charge is -2.30. The number of halogens is 1. The molecule has 2 heterocycles. The van der Waals surface area contributed by atoms with Crippen LogP contribution in [0.3, 0.4) is 0 Å². The number of rotatable bonds is 6. The summed E-state index contributed by atoms with van der Waals surface area (Å²) in [4.78, 5) is 17.2. The number of hydrogen-bond acceptors (Lipinski definition) is 5. The number of carbonyl (C=O) groups is 1. The van der Waals surface area contributed by atoms with Crippen molar-refractivity contribution in [1.82, 2.24) is 4.98 Å². The van der Waals surface area contributed by atoms with E-state index in [0.29, 0.717) is 22.2 Å². The van der Waals surface area contributed by atoms with Gasteiger partial charge in [-0.1, -0.05) is 54.9 Å². The number of anilines is 1. The van der Waals surface area contributed by atoms with Crippen LogP contribution in [-0.4, -0.2) is 32.3 Å². The summed E-state index contributed by atoms with van der Waals surface area (Å²) in [6, 6.07) is 17.3. The van der Waals surface area contributed by atoms with Crippen molar-refractivity contribution in [2.24, 2.45) is 0 Å². The van der Waals surface area contributed by atoms with E-state index in [1.165, 1.54) is 22.6 Å². The van der Waals surface area contributed by atoms with Gasteiger partial charge in [0.1, 0.15) is 12.4 Å². The average molecular weight is 457 g/mol. The van der Waals surface area contributed by atoms with Gasteiger partial charge in [-0.15, -0.1) is 0 Å². The lowest BCUT2D eigenvalue weighted by molar-refractivity contribution is -0.119. The topological polar surface area (TPSA) is 76.6 Å². The summed E-state index contributed by atoms with van der Waals surface area (Å²) in [5.74, 6) is 0.0744. The smallest absolute Gasteiger partial charge is 0.264 e. The van der Waals surface area contributed by atoms with Gasteiger partial charge in [0.25, 0.3) is 10.0 Å². The molecule has 6 nitrogen and oxygen atoms in total. The molecule has 1 atom stereocenters. The Hall–Kier alpha value is -2.90. The van der Waals surface area contributed by atoms with Crippen LogP contribution in [-0.2, 0) is 21.2 Å². The maximum atomic E-state index is 13.3. The lowest BCUT2D eigenvalue weighted by Crippen LogP contribution is -2.38. The lowest BCUT2D eigenvalue weighted by atomic mass is 9.94. The Labute approximate surface area is 186 Å². The van der Waals surface area contributed by atoms with E-state index in [1.54, 1.807) is 18.2 Å². The Kier molecular flexibility index (Phi) is 5.98. The number of pyridine rings is 1. The third-order valence-corrected chi connectivity index (χ3v) is 7.29. The number of nitrogens with zero attached hydrogens (tertiary/aromatic N) is 2. The van der Waals surface area contributed by atoms with E-state index < -0.39 is 10.0 Å². The monoisotopic (exact) mass is 456 g/mol. The van der Waals surface area contributed by atoms with Crippen molar-refractivity contribution < 1.29 is 17.9 Å². The van der Waals surface area contributed by atoms with E-state index in [4.69, 9.17) is 16.3 Å². The van der Waals surface area contributed by atoms with Crippen molar-refractivity contribution in [3.05, 3.63) is 83.1 Å². The highest BCUT2D eigenvalue weighted by molar-refractivity contribution is 7.92. The normalized spacial score (nSPS) is 14.5. The van der Waals surface area contributed by atoms with Crippen molar-refractivity contribution in [2.75, 3.05) is 17.5 Å². The Morgan fingerprint density at radius 1 is 1.16 bits per heavy atom. The number of benzene rings is 2. The first kappa shape index (κ1) is 21.3. The molecule has 0 aliphatic carbocycles. The summed E-state index contributed by atoms with van der Waals surface area (Å²) in [7, 11) is -3.85. The molecule has 4 rings (SSSR count). The minimum absolute atomic E-state index is 0.000346. The van der Waals surface area contributed by atoms with Gasteiger partial charge in [0.05, 0.1) is 29.0 Å². The van der Waals surface area contributed by atoms with Gasteiger partial charge in [-0.05, 0) is 29.8 Å². The number of fused-ring (bicyclic) bond motifs is 1. The van der Waals surface area contributed by atoms with Crippen LogP contribution in [0.15, 0.2) is 71.8 Å². The molecule has 0 N–H and O–H groups in total. The van der Waals surface area contributed by atoms with Crippen molar-refractivity contribution in [3.8, 4) is 5.75 Å². The standard InChI is InChI=1S/C23H21ClN2O4S/c1-16(17-6-3-2-4-7-17)22(27)14-19-13-21-23(15-25-19)30-11-10-26(21)31(28,29)20-9-5-8-18(24)12-20/h2-9,12-13,15-16H,10-11,14H2,1H3/t16-/m0/s1. The summed E-state index contributed by atoms with van der Waals surface area (Å²) in [5, 5.41) is 0.338. The van der Waals surface area contributed by atoms with Crippen LogP contribution in [0, 0.1) is 0 Å². The number of hydrogen-bond donors (Lipinski definition) is 0. The third-order valence-electron chi connectivity index (χ3n) is 5.25. The van der Waals surface area contributed by atoms with Crippen LogP contribution in [0.1, 0.15) is 24.1 Å². The maximum absolute atomic E-state index is 13.3. The largest absolute Gasteiger partial charge is 0.488 e. The van der Waals surface area contributed by atoms with Crippen LogP contribution in [0.25, 0.3) is 0 Å². The van der Waals surface area contributed by atoms with Crippen LogP contribution in [0.2, 0.25) is 5.02 Å². The Bertz CT molecular complexity index is 1220. The molecule has 2 aromatic carbocycles. The molecule has 0 radical (unpaired) electrons. The molecule has 0 saturated carbocycles. The highest BCUT2D eigenvalue weighted by atomic mass is 35.5. The fourth-order valence-corrected chi connectivity index (χ4v) is 5.25. The molecule has 1 aromatic heterocycles. The molecule has 0 unspecified atom stereocenters. The van der Waals surface area contributed by atoms with Gasteiger partial charge in [-0.3, -0.25) is 14.1 Å². The Morgan fingerprint density at radius 3 is 2.68 bits per heavy atom. The molecular formula is C23H21ClN2O4S. The minimum atomic E-state index is -3.85. The molecule has 0 bridgehead atoms. The van der Waals surface area contributed by atoms with Crippen LogP contribution >= 0.6 is 11.6 Å². The zero-order chi connectivity index (χ0) is 22.0. The first-order valence-corrected chi connectivity index (χ1v) is 11.7. The van der Waals surface area contributed by atoms with E-state index in [1.807, 2.05) is 37.3 Å². The number of ketones is 1. The van der Waals surface area contributed by atoms with Gasteiger partial charge in [0.2, 0.25) is 0 Å². The highest BCUT2D eigenvalue weighted by Gasteiger charge is 2.31.